The van der Waals surface area contributed by atoms with E-state index < -0.39 is 0 Å². The van der Waals surface area contributed by atoms with Gasteiger partial charge >= 0.3 is 0 Å². The molecule has 18 heavy (non-hydrogen) atoms. The van der Waals surface area contributed by atoms with E-state index in [4.69, 9.17) is 5.73 Å². The average molecular weight is 250 g/mol. The number of nitrogens with zero attached hydrogens (tertiary/aromatic N) is 3. The van der Waals surface area contributed by atoms with Crippen molar-refractivity contribution in [3.05, 3.63) is 23.3 Å². The molecule has 1 aromatic heterocycles. The predicted molar refractivity (Wildman–Crippen MR) is 75.5 cm³/mol. The molecule has 0 fully saturated rings. The highest BCUT2D eigenvalue weighted by molar-refractivity contribution is 5.20. The minimum Gasteiger partial charge on any atom is -0.326 e. The molecule has 0 aliphatic heterocycles. The maximum Gasteiger partial charge on any atom is 0.129 e. The summed E-state index contributed by atoms with van der Waals surface area (Å²) in [6.07, 6.45) is 2.80. The van der Waals surface area contributed by atoms with Gasteiger partial charge in [-0.15, -0.1) is 0 Å². The van der Waals surface area contributed by atoms with Crippen molar-refractivity contribution in [1.82, 2.24) is 14.9 Å². The van der Waals surface area contributed by atoms with Crippen LogP contribution in [0.25, 0.3) is 0 Å². The summed E-state index contributed by atoms with van der Waals surface area (Å²) in [6, 6.07) is 0. The van der Waals surface area contributed by atoms with Crippen LogP contribution in [0.1, 0.15) is 50.7 Å². The zero-order valence-electron chi connectivity index (χ0n) is 12.1. The summed E-state index contributed by atoms with van der Waals surface area (Å²) in [4.78, 5) is 11.5. The Morgan fingerprint density at radius 1 is 1.28 bits per heavy atom. The van der Waals surface area contributed by atoms with Gasteiger partial charge in [0.05, 0.1) is 5.69 Å². The van der Waals surface area contributed by atoms with Crippen molar-refractivity contribution < 1.29 is 0 Å². The molecule has 0 atom stereocenters. The molecule has 1 rings (SSSR count). The number of rotatable bonds is 7. The van der Waals surface area contributed by atoms with Crippen molar-refractivity contribution in [2.75, 3.05) is 19.6 Å². The second-order valence-electron chi connectivity index (χ2n) is 4.83. The van der Waals surface area contributed by atoms with E-state index in [2.05, 4.69) is 42.6 Å². The predicted octanol–water partition coefficient (Wildman–Crippen LogP) is 1.94. The van der Waals surface area contributed by atoms with Crippen LogP contribution < -0.4 is 5.73 Å². The summed E-state index contributed by atoms with van der Waals surface area (Å²) in [5, 5.41) is 0. The minimum absolute atomic E-state index is 0.402. The zero-order valence-corrected chi connectivity index (χ0v) is 12.1. The Bertz CT molecular complexity index is 359. The molecule has 0 aliphatic rings. The van der Waals surface area contributed by atoms with E-state index in [0.717, 1.165) is 43.1 Å². The van der Waals surface area contributed by atoms with Gasteiger partial charge in [-0.05, 0) is 19.0 Å². The molecule has 102 valence electrons. The highest BCUT2D eigenvalue weighted by Crippen LogP contribution is 2.16. The van der Waals surface area contributed by atoms with Crippen LogP contribution in [0, 0.1) is 0 Å². The highest BCUT2D eigenvalue weighted by Gasteiger charge is 2.10. The molecule has 4 heteroatoms. The molecular weight excluding hydrogens is 224 g/mol. The van der Waals surface area contributed by atoms with Crippen LogP contribution in [0.5, 0.6) is 0 Å². The maximum atomic E-state index is 5.72. The lowest BCUT2D eigenvalue weighted by Crippen LogP contribution is -2.26. The fourth-order valence-electron chi connectivity index (χ4n) is 2.03. The Hall–Kier alpha value is -1.00. The molecule has 1 aromatic rings. The van der Waals surface area contributed by atoms with Crippen LogP contribution in [0.3, 0.4) is 0 Å². The summed E-state index contributed by atoms with van der Waals surface area (Å²) in [5.41, 5.74) is 7.88. The van der Waals surface area contributed by atoms with Crippen molar-refractivity contribution in [1.29, 1.82) is 0 Å². The molecule has 0 bridgehead atoms. The standard InChI is InChI=1S/C14H26N4/c1-5-18(6-2)8-7-13-16-10-12(9-15)14(17-13)11(3)4/h10-11H,5-9,15H2,1-4H3. The van der Waals surface area contributed by atoms with Gasteiger partial charge in [-0.25, -0.2) is 9.97 Å². The highest BCUT2D eigenvalue weighted by atomic mass is 15.1. The van der Waals surface area contributed by atoms with Crippen LogP contribution in [0.15, 0.2) is 6.20 Å². The first-order valence-corrected chi connectivity index (χ1v) is 6.89. The van der Waals surface area contributed by atoms with Crippen LogP contribution >= 0.6 is 0 Å². The Labute approximate surface area is 111 Å². The summed E-state index contributed by atoms with van der Waals surface area (Å²) < 4.78 is 0. The van der Waals surface area contributed by atoms with E-state index in [1.807, 2.05) is 6.20 Å². The van der Waals surface area contributed by atoms with Gasteiger partial charge in [0.1, 0.15) is 5.82 Å². The van der Waals surface area contributed by atoms with Gasteiger partial charge in [0.2, 0.25) is 0 Å². The topological polar surface area (TPSA) is 55.0 Å². The summed E-state index contributed by atoms with van der Waals surface area (Å²) >= 11 is 0. The third-order valence-electron chi connectivity index (χ3n) is 3.26. The average Bonchev–Trinajstić information content (AvgIpc) is 2.39. The minimum atomic E-state index is 0.402. The first kappa shape index (κ1) is 15.1. The Balaban J connectivity index is 2.75. The van der Waals surface area contributed by atoms with Gasteiger partial charge in [0.15, 0.2) is 0 Å². The molecular formula is C14H26N4. The lowest BCUT2D eigenvalue weighted by molar-refractivity contribution is 0.305. The van der Waals surface area contributed by atoms with E-state index >= 15 is 0 Å². The van der Waals surface area contributed by atoms with Crippen LogP contribution in [-0.2, 0) is 13.0 Å². The van der Waals surface area contributed by atoms with E-state index in [1.54, 1.807) is 0 Å². The van der Waals surface area contributed by atoms with Gasteiger partial charge in [0.25, 0.3) is 0 Å². The van der Waals surface area contributed by atoms with Crippen LogP contribution in [-0.4, -0.2) is 34.5 Å². The van der Waals surface area contributed by atoms with Crippen LogP contribution in [0.4, 0.5) is 0 Å². The largest absolute Gasteiger partial charge is 0.326 e. The smallest absolute Gasteiger partial charge is 0.129 e. The molecule has 4 nitrogen and oxygen atoms in total. The number of nitrogens with two attached hydrogens (primary N) is 1. The third-order valence-corrected chi connectivity index (χ3v) is 3.26. The van der Waals surface area contributed by atoms with Crippen LogP contribution in [0.2, 0.25) is 0 Å². The van der Waals surface area contributed by atoms with E-state index in [1.165, 1.54) is 0 Å². The monoisotopic (exact) mass is 250 g/mol. The third kappa shape index (κ3) is 4.03. The lowest BCUT2D eigenvalue weighted by Gasteiger charge is -2.18. The van der Waals surface area contributed by atoms with Crippen molar-refractivity contribution in [2.24, 2.45) is 5.73 Å². The molecule has 2 N–H and O–H groups in total. The molecule has 1 heterocycles. The molecule has 0 saturated heterocycles. The summed E-state index contributed by atoms with van der Waals surface area (Å²) in [7, 11) is 0. The molecule has 0 saturated carbocycles. The second-order valence-corrected chi connectivity index (χ2v) is 4.83. The zero-order chi connectivity index (χ0) is 13.5. The molecule has 0 radical (unpaired) electrons. The number of hydrogen-bond donors (Lipinski definition) is 1. The Kier molecular flexibility index (Phi) is 6.22. The fourth-order valence-corrected chi connectivity index (χ4v) is 2.03. The first-order valence-electron chi connectivity index (χ1n) is 6.89. The van der Waals surface area contributed by atoms with Crippen molar-refractivity contribution in [2.45, 2.75) is 46.6 Å². The van der Waals surface area contributed by atoms with Gasteiger partial charge < -0.3 is 10.6 Å². The summed E-state index contributed by atoms with van der Waals surface area (Å²) in [6.45, 7) is 12.4. The molecule has 0 amide bonds. The Morgan fingerprint density at radius 3 is 2.44 bits per heavy atom. The molecule has 0 unspecified atom stereocenters. The van der Waals surface area contributed by atoms with Crippen molar-refractivity contribution >= 4 is 0 Å². The normalized spacial score (nSPS) is 11.5. The van der Waals surface area contributed by atoms with Gasteiger partial charge in [-0.3, -0.25) is 0 Å². The van der Waals surface area contributed by atoms with Gasteiger partial charge in [-0.1, -0.05) is 27.7 Å². The van der Waals surface area contributed by atoms with E-state index in [0.29, 0.717) is 12.5 Å². The quantitative estimate of drug-likeness (QED) is 0.803. The second kappa shape index (κ2) is 7.44. The number of likely N-dealkylation sites (N-methyl/N-ethyl adjacent to an activating group) is 1. The SMILES string of the molecule is CCN(CC)CCc1ncc(CN)c(C(C)C)n1. The van der Waals surface area contributed by atoms with Crippen molar-refractivity contribution in [3.63, 3.8) is 0 Å². The maximum absolute atomic E-state index is 5.72. The fraction of sp³-hybridized carbons (Fsp3) is 0.714. The van der Waals surface area contributed by atoms with E-state index in [-0.39, 0.29) is 0 Å². The van der Waals surface area contributed by atoms with Crippen molar-refractivity contribution in [3.8, 4) is 0 Å². The number of hydrogen-bond acceptors (Lipinski definition) is 4. The summed E-state index contributed by atoms with van der Waals surface area (Å²) in [5.74, 6) is 1.33. The van der Waals surface area contributed by atoms with Gasteiger partial charge in [0, 0.05) is 31.3 Å². The number of aromatic nitrogens is 2. The molecule has 0 spiro atoms. The first-order chi connectivity index (χ1) is 8.62. The lowest BCUT2D eigenvalue weighted by atomic mass is 10.1. The molecule has 0 aromatic carbocycles. The van der Waals surface area contributed by atoms with Gasteiger partial charge in [-0.2, -0.15) is 0 Å². The Morgan fingerprint density at radius 2 is 1.94 bits per heavy atom. The molecule has 0 aliphatic carbocycles. The van der Waals surface area contributed by atoms with E-state index in [9.17, 15) is 0 Å².